The third-order valence-corrected chi connectivity index (χ3v) is 6.79. The van der Waals surface area contributed by atoms with E-state index in [1.807, 2.05) is 24.3 Å². The van der Waals surface area contributed by atoms with Gasteiger partial charge in [-0.3, -0.25) is 14.9 Å². The van der Waals surface area contributed by atoms with Crippen molar-refractivity contribution in [3.8, 4) is 0 Å². The summed E-state index contributed by atoms with van der Waals surface area (Å²) >= 11 is 0. The van der Waals surface area contributed by atoms with Crippen molar-refractivity contribution in [2.45, 2.75) is 44.9 Å². The summed E-state index contributed by atoms with van der Waals surface area (Å²) in [6, 6.07) is 7.61. The van der Waals surface area contributed by atoms with Gasteiger partial charge in [0, 0.05) is 6.42 Å². The summed E-state index contributed by atoms with van der Waals surface area (Å²) in [6.07, 6.45) is 8.32. The number of para-hydroxylation sites is 2. The molecular formula is C21H26N4O2. The van der Waals surface area contributed by atoms with Gasteiger partial charge >= 0.3 is 0 Å². The number of imidazole rings is 1. The van der Waals surface area contributed by atoms with Crippen molar-refractivity contribution in [2.75, 3.05) is 11.9 Å². The van der Waals surface area contributed by atoms with Crippen molar-refractivity contribution in [2.24, 2.45) is 23.2 Å². The number of hydrogen-bond donors (Lipinski definition) is 3. The van der Waals surface area contributed by atoms with Crippen molar-refractivity contribution in [3.63, 3.8) is 0 Å². The van der Waals surface area contributed by atoms with Crippen LogP contribution in [-0.2, 0) is 9.59 Å². The molecule has 0 unspecified atom stereocenters. The first-order valence-corrected chi connectivity index (χ1v) is 10.1. The van der Waals surface area contributed by atoms with Gasteiger partial charge in [0.2, 0.25) is 17.8 Å². The number of carbonyl (C=O) groups excluding carboxylic acids is 2. The van der Waals surface area contributed by atoms with Crippen LogP contribution in [0.15, 0.2) is 24.3 Å². The van der Waals surface area contributed by atoms with Crippen LogP contribution in [0.4, 0.5) is 5.95 Å². The first-order chi connectivity index (χ1) is 13.1. The number of carbonyl (C=O) groups is 2. The Hall–Kier alpha value is -2.37. The van der Waals surface area contributed by atoms with Crippen LogP contribution in [0.25, 0.3) is 11.0 Å². The molecule has 6 rings (SSSR count). The molecule has 4 bridgehead atoms. The highest BCUT2D eigenvalue weighted by Gasteiger charge is 2.51. The van der Waals surface area contributed by atoms with Crippen molar-refractivity contribution in [3.05, 3.63) is 24.3 Å². The van der Waals surface area contributed by atoms with Crippen LogP contribution >= 0.6 is 0 Å². The molecule has 2 amide bonds. The molecule has 4 aliphatic rings. The Labute approximate surface area is 158 Å². The standard InChI is InChI=1S/C21H26N4O2/c26-18(11-21-8-13-5-14(9-21)7-15(6-13)10-21)22-12-19(27)25-20-23-16-3-1-2-4-17(16)24-20/h1-4,13-15H,5-12H2,(H,22,26)(H2,23,24,25,27). The Morgan fingerprint density at radius 2 is 1.70 bits per heavy atom. The monoisotopic (exact) mass is 366 g/mol. The molecule has 4 fully saturated rings. The van der Waals surface area contributed by atoms with Gasteiger partial charge in [-0.15, -0.1) is 0 Å². The molecule has 4 aliphatic carbocycles. The van der Waals surface area contributed by atoms with E-state index >= 15 is 0 Å². The van der Waals surface area contributed by atoms with E-state index in [9.17, 15) is 9.59 Å². The van der Waals surface area contributed by atoms with E-state index in [2.05, 4.69) is 20.6 Å². The summed E-state index contributed by atoms with van der Waals surface area (Å²) in [4.78, 5) is 32.1. The molecule has 0 saturated heterocycles. The fourth-order valence-electron chi connectivity index (χ4n) is 6.28. The van der Waals surface area contributed by atoms with Crippen molar-refractivity contribution in [1.82, 2.24) is 15.3 Å². The van der Waals surface area contributed by atoms with Gasteiger partial charge in [-0.2, -0.15) is 0 Å². The lowest BCUT2D eigenvalue weighted by molar-refractivity contribution is -0.131. The van der Waals surface area contributed by atoms with E-state index in [1.165, 1.54) is 38.5 Å². The first-order valence-electron chi connectivity index (χ1n) is 10.1. The number of rotatable bonds is 5. The van der Waals surface area contributed by atoms with Gasteiger partial charge in [0.05, 0.1) is 17.6 Å². The fourth-order valence-corrected chi connectivity index (χ4v) is 6.28. The molecule has 4 saturated carbocycles. The molecule has 1 heterocycles. The first kappa shape index (κ1) is 16.8. The number of nitrogens with zero attached hydrogens (tertiary/aromatic N) is 1. The van der Waals surface area contributed by atoms with Crippen LogP contribution in [0.1, 0.15) is 44.9 Å². The zero-order valence-corrected chi connectivity index (χ0v) is 15.5. The second kappa shape index (κ2) is 6.36. The molecule has 6 heteroatoms. The summed E-state index contributed by atoms with van der Waals surface area (Å²) in [7, 11) is 0. The van der Waals surface area contributed by atoms with Gasteiger partial charge in [-0.25, -0.2) is 4.98 Å². The highest BCUT2D eigenvalue weighted by molar-refractivity contribution is 5.94. The van der Waals surface area contributed by atoms with Gasteiger partial charge in [0.1, 0.15) is 0 Å². The molecule has 0 aliphatic heterocycles. The lowest BCUT2D eigenvalue weighted by Gasteiger charge is -2.56. The second-order valence-corrected chi connectivity index (χ2v) is 9.02. The number of aromatic amines is 1. The van der Waals surface area contributed by atoms with Gasteiger partial charge in [-0.05, 0) is 73.8 Å². The molecule has 3 N–H and O–H groups in total. The number of H-pyrrole nitrogens is 1. The van der Waals surface area contributed by atoms with Crippen molar-refractivity contribution in [1.29, 1.82) is 0 Å². The minimum Gasteiger partial charge on any atom is -0.347 e. The lowest BCUT2D eigenvalue weighted by atomic mass is 9.49. The average molecular weight is 366 g/mol. The Kier molecular flexibility index (Phi) is 3.95. The van der Waals surface area contributed by atoms with Crippen LogP contribution in [0, 0.1) is 23.2 Å². The van der Waals surface area contributed by atoms with Gasteiger partial charge in [0.15, 0.2) is 0 Å². The molecule has 2 aromatic rings. The molecule has 6 nitrogen and oxygen atoms in total. The van der Waals surface area contributed by atoms with E-state index in [1.54, 1.807) is 0 Å². The number of aromatic nitrogens is 2. The summed E-state index contributed by atoms with van der Waals surface area (Å²) in [6.45, 7) is -0.0117. The molecule has 1 aromatic heterocycles. The van der Waals surface area contributed by atoms with Crippen LogP contribution in [0.2, 0.25) is 0 Å². The third kappa shape index (κ3) is 3.33. The van der Waals surface area contributed by atoms with E-state index in [0.29, 0.717) is 12.4 Å². The summed E-state index contributed by atoms with van der Waals surface area (Å²) < 4.78 is 0. The quantitative estimate of drug-likeness (QED) is 0.759. The minimum atomic E-state index is -0.257. The molecule has 142 valence electrons. The summed E-state index contributed by atoms with van der Waals surface area (Å²) in [5.74, 6) is 2.67. The lowest BCUT2D eigenvalue weighted by Crippen LogP contribution is -2.48. The van der Waals surface area contributed by atoms with E-state index in [-0.39, 0.29) is 23.8 Å². The van der Waals surface area contributed by atoms with Gasteiger partial charge in [0.25, 0.3) is 0 Å². The number of anilines is 1. The summed E-state index contributed by atoms with van der Waals surface area (Å²) in [5.41, 5.74) is 1.88. The zero-order chi connectivity index (χ0) is 18.4. The van der Waals surface area contributed by atoms with Gasteiger partial charge < -0.3 is 10.3 Å². The Bertz CT molecular complexity index is 819. The molecule has 0 radical (unpaired) electrons. The predicted octanol–water partition coefficient (Wildman–Crippen LogP) is 3.22. The number of fused-ring (bicyclic) bond motifs is 1. The highest BCUT2D eigenvalue weighted by Crippen LogP contribution is 2.61. The predicted molar refractivity (Wildman–Crippen MR) is 103 cm³/mol. The average Bonchev–Trinajstić information content (AvgIpc) is 3.00. The smallest absolute Gasteiger partial charge is 0.246 e. The van der Waals surface area contributed by atoms with Crippen LogP contribution in [-0.4, -0.2) is 28.3 Å². The van der Waals surface area contributed by atoms with Crippen molar-refractivity contribution < 1.29 is 9.59 Å². The van der Waals surface area contributed by atoms with Crippen LogP contribution in [0.5, 0.6) is 0 Å². The molecular weight excluding hydrogens is 340 g/mol. The Morgan fingerprint density at radius 3 is 2.37 bits per heavy atom. The molecule has 27 heavy (non-hydrogen) atoms. The third-order valence-electron chi connectivity index (χ3n) is 6.79. The maximum atomic E-state index is 12.5. The number of amides is 2. The van der Waals surface area contributed by atoms with Crippen LogP contribution < -0.4 is 10.6 Å². The second-order valence-electron chi connectivity index (χ2n) is 9.02. The zero-order valence-electron chi connectivity index (χ0n) is 15.5. The molecule has 0 atom stereocenters. The number of benzene rings is 1. The number of hydrogen-bond acceptors (Lipinski definition) is 3. The highest BCUT2D eigenvalue weighted by atomic mass is 16.2. The van der Waals surface area contributed by atoms with E-state index < -0.39 is 0 Å². The Morgan fingerprint density at radius 1 is 1.04 bits per heavy atom. The normalized spacial score (nSPS) is 31.2. The maximum Gasteiger partial charge on any atom is 0.246 e. The molecule has 1 aromatic carbocycles. The fraction of sp³-hybridized carbons (Fsp3) is 0.571. The minimum absolute atomic E-state index is 0.0108. The number of nitrogens with one attached hydrogen (secondary N) is 3. The SMILES string of the molecule is O=C(CC12CC3CC(CC(C3)C1)C2)NCC(=O)Nc1nc2ccccc2[nH]1. The molecule has 0 spiro atoms. The Balaban J connectivity index is 1.14. The van der Waals surface area contributed by atoms with Gasteiger partial charge in [-0.1, -0.05) is 12.1 Å². The summed E-state index contributed by atoms with van der Waals surface area (Å²) in [5, 5.41) is 5.54. The van der Waals surface area contributed by atoms with E-state index in [4.69, 9.17) is 0 Å². The van der Waals surface area contributed by atoms with E-state index in [0.717, 1.165) is 28.8 Å². The topological polar surface area (TPSA) is 86.9 Å². The van der Waals surface area contributed by atoms with Crippen molar-refractivity contribution >= 4 is 28.8 Å². The largest absolute Gasteiger partial charge is 0.347 e. The maximum absolute atomic E-state index is 12.5. The van der Waals surface area contributed by atoms with Crippen LogP contribution in [0.3, 0.4) is 0 Å².